The Morgan fingerprint density at radius 2 is 1.03 bits per heavy atom. The van der Waals surface area contributed by atoms with Crippen molar-refractivity contribution in [1.29, 1.82) is 10.5 Å². The number of hydrogen-bond donors (Lipinski definition) is 2. The molecule has 4 heterocycles. The average Bonchev–Trinajstić information content (AvgIpc) is 3.95. The monoisotopic (exact) mass is 1070 g/mol. The second kappa shape index (κ2) is 23.6. The minimum Gasteiger partial charge on any atom is -0.494 e. The van der Waals surface area contributed by atoms with E-state index in [1.807, 2.05) is 36.4 Å². The van der Waals surface area contributed by atoms with Gasteiger partial charge in [-0.05, 0) is 117 Å². The summed E-state index contributed by atoms with van der Waals surface area (Å²) in [7, 11) is 0. The number of hydrogen-bond acceptors (Lipinski definition) is 12. The number of halogens is 4. The summed E-state index contributed by atoms with van der Waals surface area (Å²) in [5, 5.41) is 24.5. The van der Waals surface area contributed by atoms with E-state index >= 15 is 0 Å². The smallest absolute Gasteiger partial charge is 0.410 e. The molecule has 8 rings (SSSR count). The first-order chi connectivity index (χ1) is 37.2. The fourth-order valence-electron chi connectivity index (χ4n) is 9.14. The molecule has 21 heteroatoms. The van der Waals surface area contributed by atoms with Crippen LogP contribution in [0.4, 0.5) is 22.4 Å². The standard InChI is InChI=1S/C57H55F4N9O8/c1-55(2,3)78-54(75)68(22-4-24-76-42-12-6-36(7-13-42)38-10-16-48-46(26-38)44(18-20-64-48)52(73)66-32-50(71)69-34-56(58,59)28-40(69)30-62)23-5-25-77-43-14-8-37(9-15-43)39-11-17-49-47(27-39)45(19-21-65-49)53(74)67-33-51(72)70-35-57(60,61)29-41(70)31-63/h6-21,26-27,40-41H,4-5,22-25,28-29,32-35H2,1-3H3,(H,66,73)(H,67,74)/t40-,41-/m0/s1. The molecule has 6 aromatic rings. The maximum Gasteiger partial charge on any atom is 0.410 e. The van der Waals surface area contributed by atoms with E-state index in [-0.39, 0.29) is 11.1 Å². The van der Waals surface area contributed by atoms with E-state index in [1.54, 1.807) is 86.3 Å². The van der Waals surface area contributed by atoms with Crippen molar-refractivity contribution in [2.75, 3.05) is 52.5 Å². The summed E-state index contributed by atoms with van der Waals surface area (Å²) in [4.78, 5) is 77.2. The van der Waals surface area contributed by atoms with Crippen molar-refractivity contribution in [3.63, 3.8) is 0 Å². The molecule has 0 radical (unpaired) electrons. The molecule has 2 fully saturated rings. The van der Waals surface area contributed by atoms with Crippen molar-refractivity contribution in [2.24, 2.45) is 0 Å². The molecule has 78 heavy (non-hydrogen) atoms. The van der Waals surface area contributed by atoms with Crippen molar-refractivity contribution in [2.45, 2.75) is 76.0 Å². The van der Waals surface area contributed by atoms with Crippen LogP contribution in [0.15, 0.2) is 109 Å². The summed E-state index contributed by atoms with van der Waals surface area (Å²) in [5.74, 6) is -7.95. The van der Waals surface area contributed by atoms with Gasteiger partial charge in [-0.2, -0.15) is 10.5 Å². The van der Waals surface area contributed by atoms with E-state index in [1.165, 1.54) is 24.5 Å². The summed E-state index contributed by atoms with van der Waals surface area (Å²) < 4.78 is 73.5. The molecule has 17 nitrogen and oxygen atoms in total. The lowest BCUT2D eigenvalue weighted by Gasteiger charge is -2.27. The predicted octanol–water partition coefficient (Wildman–Crippen LogP) is 8.57. The molecule has 2 aromatic heterocycles. The van der Waals surface area contributed by atoms with E-state index in [9.17, 15) is 52.1 Å². The van der Waals surface area contributed by atoms with Crippen molar-refractivity contribution in [1.82, 2.24) is 35.3 Å². The first kappa shape index (κ1) is 55.4. The van der Waals surface area contributed by atoms with Gasteiger partial charge in [0.1, 0.15) is 29.2 Å². The Morgan fingerprint density at radius 1 is 0.628 bits per heavy atom. The molecular formula is C57H55F4N9O8. The molecule has 2 atom stereocenters. The van der Waals surface area contributed by atoms with Crippen LogP contribution in [0.5, 0.6) is 11.5 Å². The Balaban J connectivity index is 0.812. The molecule has 2 N–H and O–H groups in total. The van der Waals surface area contributed by atoms with Crippen LogP contribution in [0, 0.1) is 22.7 Å². The van der Waals surface area contributed by atoms with Crippen LogP contribution < -0.4 is 20.1 Å². The number of carbonyl (C=O) groups is 5. The van der Waals surface area contributed by atoms with Gasteiger partial charge in [-0.1, -0.05) is 36.4 Å². The number of nitrogens with zero attached hydrogens (tertiary/aromatic N) is 7. The second-order valence-corrected chi connectivity index (χ2v) is 19.9. The number of aromatic nitrogens is 2. The number of nitrogens with one attached hydrogen (secondary N) is 2. The maximum absolute atomic E-state index is 13.9. The Hall–Kier alpha value is -8.85. The SMILES string of the molecule is CC(C)(C)OC(=O)N(CCCOc1ccc(-c2ccc3nccc(C(=O)NCC(=O)N4CC(F)(F)C[C@H]4C#N)c3c2)cc1)CCCOc1ccc(-c2ccc3nccc(C(=O)NCC(=O)N4CC(F)(F)C[C@H]4C#N)c3c2)cc1. The lowest BCUT2D eigenvalue weighted by molar-refractivity contribution is -0.132. The molecule has 0 aliphatic carbocycles. The van der Waals surface area contributed by atoms with Gasteiger partial charge in [-0.25, -0.2) is 22.4 Å². The fraction of sp³-hybridized carbons (Fsp3) is 0.351. The number of pyridine rings is 2. The molecule has 404 valence electrons. The van der Waals surface area contributed by atoms with Gasteiger partial charge in [0.05, 0.1) is 73.7 Å². The highest BCUT2D eigenvalue weighted by molar-refractivity contribution is 6.09. The quantitative estimate of drug-likeness (QED) is 0.0611. The minimum atomic E-state index is -3.18. The highest BCUT2D eigenvalue weighted by Gasteiger charge is 2.48. The number of fused-ring (bicyclic) bond motifs is 2. The summed E-state index contributed by atoms with van der Waals surface area (Å²) in [6.45, 7) is 3.77. The molecule has 5 amide bonds. The first-order valence-electron chi connectivity index (χ1n) is 25.1. The zero-order valence-electron chi connectivity index (χ0n) is 42.9. The number of rotatable bonds is 18. The van der Waals surface area contributed by atoms with Gasteiger partial charge in [0.2, 0.25) is 11.8 Å². The van der Waals surface area contributed by atoms with Gasteiger partial charge in [-0.3, -0.25) is 29.1 Å². The highest BCUT2D eigenvalue weighted by Crippen LogP contribution is 2.34. The van der Waals surface area contributed by atoms with E-state index in [2.05, 4.69) is 20.6 Å². The van der Waals surface area contributed by atoms with Gasteiger partial charge in [0.15, 0.2) is 0 Å². The van der Waals surface area contributed by atoms with Crippen LogP contribution in [-0.4, -0.2) is 136 Å². The summed E-state index contributed by atoms with van der Waals surface area (Å²) in [6, 6.07) is 29.4. The number of benzene rings is 4. The van der Waals surface area contributed by atoms with Crippen LogP contribution in [0.25, 0.3) is 44.1 Å². The number of nitriles is 2. The van der Waals surface area contributed by atoms with E-state index in [4.69, 9.17) is 14.2 Å². The lowest BCUT2D eigenvalue weighted by Crippen LogP contribution is -2.43. The Morgan fingerprint density at radius 3 is 1.41 bits per heavy atom. The molecule has 2 saturated heterocycles. The van der Waals surface area contributed by atoms with Gasteiger partial charge in [0, 0.05) is 49.1 Å². The number of amides is 5. The molecule has 2 aliphatic heterocycles. The van der Waals surface area contributed by atoms with Crippen LogP contribution in [0.1, 0.15) is 67.2 Å². The minimum absolute atomic E-state index is 0.228. The first-order valence-corrected chi connectivity index (χ1v) is 25.1. The van der Waals surface area contributed by atoms with Gasteiger partial charge in [-0.15, -0.1) is 0 Å². The van der Waals surface area contributed by atoms with Crippen molar-refractivity contribution in [3.8, 4) is 45.9 Å². The molecule has 0 saturated carbocycles. The Kier molecular flexibility index (Phi) is 16.7. The number of carbonyl (C=O) groups excluding carboxylic acids is 5. The number of alkyl halides is 4. The highest BCUT2D eigenvalue weighted by atomic mass is 19.3. The van der Waals surface area contributed by atoms with Crippen LogP contribution in [0.2, 0.25) is 0 Å². The van der Waals surface area contributed by atoms with Gasteiger partial charge < -0.3 is 39.5 Å². The number of ether oxygens (including phenoxy) is 3. The Labute approximate surface area is 446 Å². The summed E-state index contributed by atoms with van der Waals surface area (Å²) in [6.07, 6.45) is 1.92. The van der Waals surface area contributed by atoms with E-state index < -0.39 is 98.3 Å². The third-order valence-corrected chi connectivity index (χ3v) is 13.0. The van der Waals surface area contributed by atoms with Crippen LogP contribution >= 0.6 is 0 Å². The molecule has 0 spiro atoms. The zero-order chi connectivity index (χ0) is 55.8. The molecule has 0 bridgehead atoms. The van der Waals surface area contributed by atoms with E-state index in [0.29, 0.717) is 72.4 Å². The normalized spacial score (nSPS) is 16.5. The van der Waals surface area contributed by atoms with Crippen molar-refractivity contribution >= 4 is 51.5 Å². The maximum atomic E-state index is 13.9. The molecule has 4 aromatic carbocycles. The zero-order valence-corrected chi connectivity index (χ0v) is 42.9. The second-order valence-electron chi connectivity index (χ2n) is 19.9. The molecule has 0 unspecified atom stereocenters. The molecule has 2 aliphatic rings. The van der Waals surface area contributed by atoms with E-state index in [0.717, 1.165) is 32.1 Å². The van der Waals surface area contributed by atoms with Crippen LogP contribution in [-0.2, 0) is 14.3 Å². The molecular weight excluding hydrogens is 1010 g/mol. The summed E-state index contributed by atoms with van der Waals surface area (Å²) in [5.41, 5.74) is 3.93. The third-order valence-electron chi connectivity index (χ3n) is 13.0. The number of likely N-dealkylation sites (tertiary alicyclic amines) is 2. The summed E-state index contributed by atoms with van der Waals surface area (Å²) >= 11 is 0. The topological polar surface area (TPSA) is 220 Å². The Bertz CT molecular complexity index is 3100. The van der Waals surface area contributed by atoms with Crippen molar-refractivity contribution < 1.29 is 55.7 Å². The third kappa shape index (κ3) is 13.8. The average molecular weight is 1070 g/mol. The predicted molar refractivity (Wildman–Crippen MR) is 278 cm³/mol. The van der Waals surface area contributed by atoms with Crippen LogP contribution in [0.3, 0.4) is 0 Å². The largest absolute Gasteiger partial charge is 0.494 e. The fourth-order valence-corrected chi connectivity index (χ4v) is 9.14. The van der Waals surface area contributed by atoms with Crippen molar-refractivity contribution in [3.05, 3.63) is 121 Å². The van der Waals surface area contributed by atoms with Gasteiger partial charge >= 0.3 is 6.09 Å². The lowest BCUT2D eigenvalue weighted by atomic mass is 10.0. The van der Waals surface area contributed by atoms with Gasteiger partial charge in [0.25, 0.3) is 23.7 Å².